The van der Waals surface area contributed by atoms with Crippen LogP contribution in [0.1, 0.15) is 37.1 Å². The zero-order valence-corrected chi connectivity index (χ0v) is 20.2. The topological polar surface area (TPSA) is 123 Å². The lowest BCUT2D eigenvalue weighted by molar-refractivity contribution is 0.0744. The first-order valence-electron chi connectivity index (χ1n) is 10.4. The second kappa shape index (κ2) is 9.35. The van der Waals surface area contributed by atoms with Gasteiger partial charge in [-0.1, -0.05) is 22.9 Å². The molecule has 1 aliphatic heterocycles. The number of methoxy groups -OCH3 is 1. The van der Waals surface area contributed by atoms with E-state index in [2.05, 4.69) is 30.2 Å². The predicted octanol–water partition coefficient (Wildman–Crippen LogP) is 3.77. The lowest BCUT2D eigenvalue weighted by atomic mass is 10.0. The SMILES string of the molecule is COc1cnc(Cl)cc1-c1cc(C)ncc1C(=O)Nc1nc2c(s1)CN(C(=O)c1ccncn1)C2. The molecule has 0 saturated heterocycles. The molecule has 10 nitrogen and oxygen atoms in total. The fourth-order valence-corrected chi connectivity index (χ4v) is 4.87. The zero-order valence-electron chi connectivity index (χ0n) is 18.6. The van der Waals surface area contributed by atoms with E-state index in [1.165, 1.54) is 43.4 Å². The van der Waals surface area contributed by atoms with E-state index >= 15 is 0 Å². The van der Waals surface area contributed by atoms with Gasteiger partial charge in [0.2, 0.25) is 0 Å². The highest BCUT2D eigenvalue weighted by Gasteiger charge is 2.29. The highest BCUT2D eigenvalue weighted by molar-refractivity contribution is 7.16. The van der Waals surface area contributed by atoms with Gasteiger partial charge in [0.1, 0.15) is 22.9 Å². The van der Waals surface area contributed by atoms with Gasteiger partial charge in [-0.2, -0.15) is 0 Å². The van der Waals surface area contributed by atoms with Gasteiger partial charge in [0.25, 0.3) is 11.8 Å². The zero-order chi connectivity index (χ0) is 24.5. The third kappa shape index (κ3) is 4.55. The number of nitrogens with one attached hydrogen (secondary N) is 1. The molecule has 176 valence electrons. The van der Waals surface area contributed by atoms with Crippen molar-refractivity contribution in [3.8, 4) is 16.9 Å². The second-order valence-corrected chi connectivity index (χ2v) is 9.15. The Balaban J connectivity index is 1.37. The first-order valence-corrected chi connectivity index (χ1v) is 11.6. The summed E-state index contributed by atoms with van der Waals surface area (Å²) in [4.78, 5) is 49.2. The number of fused-ring (bicyclic) bond motifs is 1. The highest BCUT2D eigenvalue weighted by atomic mass is 35.5. The molecule has 0 atom stereocenters. The Morgan fingerprint density at radius 3 is 2.74 bits per heavy atom. The number of hydrogen-bond donors (Lipinski definition) is 1. The number of pyridine rings is 2. The van der Waals surface area contributed by atoms with E-state index in [9.17, 15) is 9.59 Å². The Morgan fingerprint density at radius 1 is 1.14 bits per heavy atom. The number of rotatable bonds is 5. The van der Waals surface area contributed by atoms with Crippen molar-refractivity contribution in [1.82, 2.24) is 29.8 Å². The fraction of sp³-hybridized carbons (Fsp3) is 0.174. The number of nitrogens with zero attached hydrogens (tertiary/aromatic N) is 6. The summed E-state index contributed by atoms with van der Waals surface area (Å²) in [6.45, 7) is 2.57. The number of hydrogen-bond acceptors (Lipinski definition) is 9. The number of anilines is 1. The van der Waals surface area contributed by atoms with Crippen LogP contribution in [0.5, 0.6) is 5.75 Å². The number of halogens is 1. The Bertz CT molecular complexity index is 1420. The number of ether oxygens (including phenoxy) is 1. The molecular formula is C23H18ClN7O3S. The van der Waals surface area contributed by atoms with Crippen molar-refractivity contribution in [3.63, 3.8) is 0 Å². The molecule has 0 unspecified atom stereocenters. The van der Waals surface area contributed by atoms with Gasteiger partial charge in [0.15, 0.2) is 5.13 Å². The van der Waals surface area contributed by atoms with Crippen molar-refractivity contribution in [2.24, 2.45) is 0 Å². The van der Waals surface area contributed by atoms with Crippen LogP contribution in [0.4, 0.5) is 5.13 Å². The summed E-state index contributed by atoms with van der Waals surface area (Å²) in [5, 5.41) is 3.58. The van der Waals surface area contributed by atoms with Crippen molar-refractivity contribution in [2.75, 3.05) is 12.4 Å². The third-order valence-corrected chi connectivity index (χ3v) is 6.60. The van der Waals surface area contributed by atoms with Crippen LogP contribution >= 0.6 is 22.9 Å². The quantitative estimate of drug-likeness (QED) is 0.405. The van der Waals surface area contributed by atoms with Crippen molar-refractivity contribution < 1.29 is 14.3 Å². The molecule has 1 N–H and O–H groups in total. The van der Waals surface area contributed by atoms with Crippen LogP contribution in [0, 0.1) is 6.92 Å². The standard InChI is InChI=1S/C23H18ClN7O3S/c1-12-5-13(14-6-20(24)27-8-18(14)34-2)15(7-26-12)21(32)30-23-29-17-9-31(10-19(17)35-23)22(33)16-3-4-25-11-28-16/h3-8,11H,9-10H2,1-2H3,(H,29,30,32). The van der Waals surface area contributed by atoms with Crippen molar-refractivity contribution in [2.45, 2.75) is 20.0 Å². The largest absolute Gasteiger partial charge is 0.494 e. The molecule has 0 aliphatic carbocycles. The summed E-state index contributed by atoms with van der Waals surface area (Å²) < 4.78 is 5.43. The molecule has 0 fully saturated rings. The molecule has 4 aromatic heterocycles. The maximum absolute atomic E-state index is 13.2. The summed E-state index contributed by atoms with van der Waals surface area (Å²) in [5.74, 6) is -0.0805. The average molecular weight is 508 g/mol. The summed E-state index contributed by atoms with van der Waals surface area (Å²) >= 11 is 7.45. The minimum absolute atomic E-state index is 0.191. The second-order valence-electron chi connectivity index (χ2n) is 7.68. The molecule has 4 aromatic rings. The van der Waals surface area contributed by atoms with Crippen molar-refractivity contribution in [1.29, 1.82) is 0 Å². The normalized spacial score (nSPS) is 12.4. The molecule has 0 spiro atoms. The molecule has 5 heterocycles. The number of carbonyl (C=O) groups excluding carboxylic acids is 2. The van der Waals surface area contributed by atoms with Gasteiger partial charge in [-0.3, -0.25) is 19.9 Å². The van der Waals surface area contributed by atoms with Gasteiger partial charge in [-0.15, -0.1) is 0 Å². The Kier molecular flexibility index (Phi) is 6.10. The summed E-state index contributed by atoms with van der Waals surface area (Å²) in [5.41, 5.74) is 3.39. The number of aromatic nitrogens is 5. The molecule has 5 rings (SSSR count). The van der Waals surface area contributed by atoms with E-state index in [0.717, 1.165) is 16.3 Å². The van der Waals surface area contributed by atoms with Crippen LogP contribution in [0.25, 0.3) is 11.1 Å². The monoisotopic (exact) mass is 507 g/mol. The Morgan fingerprint density at radius 2 is 2.00 bits per heavy atom. The molecule has 0 aromatic carbocycles. The van der Waals surface area contributed by atoms with E-state index in [0.29, 0.717) is 46.4 Å². The lowest BCUT2D eigenvalue weighted by Gasteiger charge is -2.15. The number of amides is 2. The summed E-state index contributed by atoms with van der Waals surface area (Å²) in [6, 6.07) is 5.01. The number of thiazole rings is 1. The van der Waals surface area contributed by atoms with Crippen LogP contribution in [-0.4, -0.2) is 48.7 Å². The van der Waals surface area contributed by atoms with Crippen LogP contribution in [-0.2, 0) is 13.1 Å². The van der Waals surface area contributed by atoms with Gasteiger partial charge < -0.3 is 9.64 Å². The van der Waals surface area contributed by atoms with E-state index in [1.54, 1.807) is 23.1 Å². The maximum Gasteiger partial charge on any atom is 0.273 e. The van der Waals surface area contributed by atoms with Crippen molar-refractivity contribution >= 4 is 39.9 Å². The first-order chi connectivity index (χ1) is 16.9. The predicted molar refractivity (Wildman–Crippen MR) is 129 cm³/mol. The lowest BCUT2D eigenvalue weighted by Crippen LogP contribution is -2.26. The molecule has 1 aliphatic rings. The van der Waals surface area contributed by atoms with Crippen LogP contribution in [0.3, 0.4) is 0 Å². The van der Waals surface area contributed by atoms with Crippen LogP contribution in [0.15, 0.2) is 43.1 Å². The average Bonchev–Trinajstić information content (AvgIpc) is 3.42. The van der Waals surface area contributed by atoms with E-state index in [4.69, 9.17) is 16.3 Å². The van der Waals surface area contributed by atoms with E-state index < -0.39 is 0 Å². The molecular weight excluding hydrogens is 490 g/mol. The smallest absolute Gasteiger partial charge is 0.273 e. The van der Waals surface area contributed by atoms with Gasteiger partial charge in [0.05, 0.1) is 42.5 Å². The van der Waals surface area contributed by atoms with Crippen LogP contribution in [0.2, 0.25) is 5.15 Å². The number of carbonyl (C=O) groups is 2. The van der Waals surface area contributed by atoms with Gasteiger partial charge >= 0.3 is 0 Å². The number of aryl methyl sites for hydroxylation is 1. The molecule has 0 bridgehead atoms. The highest BCUT2D eigenvalue weighted by Crippen LogP contribution is 2.35. The van der Waals surface area contributed by atoms with E-state index in [1.807, 2.05) is 6.92 Å². The molecule has 2 amide bonds. The Hall–Kier alpha value is -3.96. The molecule has 0 radical (unpaired) electrons. The molecule has 35 heavy (non-hydrogen) atoms. The van der Waals surface area contributed by atoms with E-state index in [-0.39, 0.29) is 17.0 Å². The summed E-state index contributed by atoms with van der Waals surface area (Å²) in [7, 11) is 1.53. The minimum atomic E-state index is -0.371. The molecule has 12 heteroatoms. The minimum Gasteiger partial charge on any atom is -0.494 e. The van der Waals surface area contributed by atoms with Gasteiger partial charge in [-0.05, 0) is 25.1 Å². The fourth-order valence-electron chi connectivity index (χ4n) is 3.74. The summed E-state index contributed by atoms with van der Waals surface area (Å²) in [6.07, 6.45) is 5.89. The van der Waals surface area contributed by atoms with Crippen molar-refractivity contribution in [3.05, 3.63) is 75.8 Å². The van der Waals surface area contributed by atoms with Crippen LogP contribution < -0.4 is 10.1 Å². The third-order valence-electron chi connectivity index (χ3n) is 5.39. The maximum atomic E-state index is 13.2. The van der Waals surface area contributed by atoms with Gasteiger partial charge in [-0.25, -0.2) is 19.9 Å². The molecule has 0 saturated carbocycles. The van der Waals surface area contributed by atoms with Gasteiger partial charge in [0, 0.05) is 29.2 Å². The first kappa shape index (κ1) is 22.8. The Labute approximate surface area is 209 Å².